The maximum atomic E-state index is 4.63. The molecule has 2 saturated heterocycles. The third-order valence-corrected chi connectivity index (χ3v) is 6.75. The molecule has 0 radical (unpaired) electrons. The summed E-state index contributed by atoms with van der Waals surface area (Å²) in [6, 6.07) is 0. The molecule has 22 heavy (non-hydrogen) atoms. The molecule has 0 atom stereocenters. The average Bonchev–Trinajstić information content (AvgIpc) is 3.23. The summed E-state index contributed by atoms with van der Waals surface area (Å²) >= 11 is 1.78. The van der Waals surface area contributed by atoms with Gasteiger partial charge < -0.3 is 4.90 Å². The van der Waals surface area contributed by atoms with Gasteiger partial charge in [-0.3, -0.25) is 4.90 Å². The van der Waals surface area contributed by atoms with E-state index in [-0.39, 0.29) is 0 Å². The van der Waals surface area contributed by atoms with Crippen molar-refractivity contribution in [3.05, 3.63) is 16.1 Å². The zero-order valence-electron chi connectivity index (χ0n) is 13.9. The van der Waals surface area contributed by atoms with E-state index in [0.29, 0.717) is 5.41 Å². The summed E-state index contributed by atoms with van der Waals surface area (Å²) < 4.78 is 0. The molecule has 4 heteroatoms. The average molecular weight is 320 g/mol. The highest BCUT2D eigenvalue weighted by Gasteiger charge is 2.39. The number of likely N-dealkylation sites (tertiary alicyclic amines) is 2. The Bertz CT molecular complexity index is 500. The highest BCUT2D eigenvalue weighted by atomic mass is 32.1. The number of hydrogen-bond acceptors (Lipinski definition) is 4. The van der Waals surface area contributed by atoms with Gasteiger partial charge in [-0.15, -0.1) is 11.3 Å². The number of rotatable bonds is 4. The molecule has 3 aliphatic rings. The summed E-state index contributed by atoms with van der Waals surface area (Å²) in [6.45, 7) is 9.85. The number of aryl methyl sites for hydroxylation is 1. The van der Waals surface area contributed by atoms with Crippen LogP contribution in [0.2, 0.25) is 0 Å². The number of hydrogen-bond donors (Lipinski definition) is 0. The fourth-order valence-corrected chi connectivity index (χ4v) is 5.04. The predicted octanol–water partition coefficient (Wildman–Crippen LogP) is 3.54. The van der Waals surface area contributed by atoms with E-state index < -0.39 is 0 Å². The molecule has 1 aromatic heterocycles. The van der Waals surface area contributed by atoms with E-state index in [1.54, 1.807) is 11.3 Å². The molecule has 0 aromatic carbocycles. The standard InChI is InChI=1S/C18H29N3S/c1-15-19-17(13-22-15)12-20-9-6-18(7-10-20)5-2-8-21(14-18)11-16-3-4-16/h13,16H,2-12,14H2,1H3. The Hall–Kier alpha value is -0.450. The molecular formula is C18H29N3S. The molecule has 0 N–H and O–H groups in total. The van der Waals surface area contributed by atoms with Gasteiger partial charge in [-0.2, -0.15) is 0 Å². The van der Waals surface area contributed by atoms with Crippen LogP contribution in [-0.4, -0.2) is 47.5 Å². The smallest absolute Gasteiger partial charge is 0.0897 e. The highest BCUT2D eigenvalue weighted by Crippen LogP contribution is 2.41. The molecule has 1 aliphatic carbocycles. The summed E-state index contributed by atoms with van der Waals surface area (Å²) in [6.07, 6.45) is 8.68. The van der Waals surface area contributed by atoms with Crippen molar-refractivity contribution in [2.75, 3.05) is 32.7 Å². The van der Waals surface area contributed by atoms with Crippen LogP contribution in [0.3, 0.4) is 0 Å². The first kappa shape index (κ1) is 15.1. The van der Waals surface area contributed by atoms with Crippen molar-refractivity contribution in [2.45, 2.75) is 52.0 Å². The van der Waals surface area contributed by atoms with E-state index in [1.165, 1.54) is 82.0 Å². The largest absolute Gasteiger partial charge is 0.303 e. The van der Waals surface area contributed by atoms with Crippen LogP contribution in [0.25, 0.3) is 0 Å². The molecule has 2 aliphatic heterocycles. The van der Waals surface area contributed by atoms with Crippen molar-refractivity contribution in [1.29, 1.82) is 0 Å². The molecule has 122 valence electrons. The van der Waals surface area contributed by atoms with Crippen LogP contribution in [0.15, 0.2) is 5.38 Å². The van der Waals surface area contributed by atoms with Crippen molar-refractivity contribution in [2.24, 2.45) is 11.3 Å². The van der Waals surface area contributed by atoms with Gasteiger partial charge in [-0.25, -0.2) is 4.98 Å². The van der Waals surface area contributed by atoms with E-state index >= 15 is 0 Å². The third-order valence-electron chi connectivity index (χ3n) is 5.92. The van der Waals surface area contributed by atoms with Crippen LogP contribution in [0.5, 0.6) is 0 Å². The molecule has 0 bridgehead atoms. The number of thiazole rings is 1. The van der Waals surface area contributed by atoms with Crippen molar-refractivity contribution < 1.29 is 0 Å². The maximum Gasteiger partial charge on any atom is 0.0897 e. The van der Waals surface area contributed by atoms with Gasteiger partial charge in [0.15, 0.2) is 0 Å². The molecular weight excluding hydrogens is 290 g/mol. The molecule has 1 spiro atoms. The third kappa shape index (κ3) is 3.55. The maximum absolute atomic E-state index is 4.63. The molecule has 4 rings (SSSR count). The summed E-state index contributed by atoms with van der Waals surface area (Å²) in [5.41, 5.74) is 1.92. The van der Waals surface area contributed by atoms with E-state index in [1.807, 2.05) is 0 Å². The lowest BCUT2D eigenvalue weighted by Gasteiger charge is -2.47. The Morgan fingerprint density at radius 3 is 2.68 bits per heavy atom. The zero-order chi connectivity index (χ0) is 15.0. The molecule has 3 heterocycles. The quantitative estimate of drug-likeness (QED) is 0.846. The minimum atomic E-state index is 0.641. The summed E-state index contributed by atoms with van der Waals surface area (Å²) in [4.78, 5) is 10.0. The van der Waals surface area contributed by atoms with Crippen LogP contribution >= 0.6 is 11.3 Å². The zero-order valence-corrected chi connectivity index (χ0v) is 14.7. The van der Waals surface area contributed by atoms with Crippen LogP contribution < -0.4 is 0 Å². The van der Waals surface area contributed by atoms with Gasteiger partial charge in [0.05, 0.1) is 10.7 Å². The van der Waals surface area contributed by atoms with Gasteiger partial charge >= 0.3 is 0 Å². The van der Waals surface area contributed by atoms with E-state index in [9.17, 15) is 0 Å². The SMILES string of the molecule is Cc1nc(CN2CCC3(CCCN(CC4CC4)C3)CC2)cs1. The first-order chi connectivity index (χ1) is 10.7. The summed E-state index contributed by atoms with van der Waals surface area (Å²) in [7, 11) is 0. The van der Waals surface area contributed by atoms with Gasteiger partial charge in [0, 0.05) is 25.0 Å². The normalized spacial score (nSPS) is 26.6. The van der Waals surface area contributed by atoms with Crippen LogP contribution in [-0.2, 0) is 6.54 Å². The van der Waals surface area contributed by atoms with Crippen LogP contribution in [0.4, 0.5) is 0 Å². The molecule has 1 saturated carbocycles. The fraction of sp³-hybridized carbons (Fsp3) is 0.833. The van der Waals surface area contributed by atoms with Crippen LogP contribution in [0, 0.1) is 18.3 Å². The van der Waals surface area contributed by atoms with Gasteiger partial charge in [0.25, 0.3) is 0 Å². The Morgan fingerprint density at radius 2 is 2.00 bits per heavy atom. The summed E-state index contributed by atoms with van der Waals surface area (Å²) in [5, 5.41) is 3.43. The number of aromatic nitrogens is 1. The Labute approximate surface area is 138 Å². The molecule has 3 nitrogen and oxygen atoms in total. The van der Waals surface area contributed by atoms with E-state index in [0.717, 1.165) is 12.5 Å². The topological polar surface area (TPSA) is 19.4 Å². The predicted molar refractivity (Wildman–Crippen MR) is 92.2 cm³/mol. The lowest BCUT2D eigenvalue weighted by Crippen LogP contribution is -2.49. The summed E-state index contributed by atoms with van der Waals surface area (Å²) in [5.74, 6) is 1.04. The van der Waals surface area contributed by atoms with Gasteiger partial charge in [0.2, 0.25) is 0 Å². The van der Waals surface area contributed by atoms with Crippen molar-refractivity contribution in [1.82, 2.24) is 14.8 Å². The second kappa shape index (κ2) is 6.21. The van der Waals surface area contributed by atoms with Crippen molar-refractivity contribution in [3.8, 4) is 0 Å². The first-order valence-corrected chi connectivity index (χ1v) is 9.95. The molecule has 1 aromatic rings. The molecule has 0 unspecified atom stereocenters. The number of nitrogens with zero attached hydrogens (tertiary/aromatic N) is 3. The second-order valence-electron chi connectivity index (χ2n) is 7.92. The minimum absolute atomic E-state index is 0.641. The van der Waals surface area contributed by atoms with E-state index in [4.69, 9.17) is 0 Å². The van der Waals surface area contributed by atoms with Crippen LogP contribution in [0.1, 0.15) is 49.2 Å². The first-order valence-electron chi connectivity index (χ1n) is 9.07. The van der Waals surface area contributed by atoms with Crippen molar-refractivity contribution in [3.63, 3.8) is 0 Å². The Balaban J connectivity index is 1.30. The Kier molecular flexibility index (Phi) is 4.27. The van der Waals surface area contributed by atoms with Gasteiger partial charge in [0.1, 0.15) is 0 Å². The minimum Gasteiger partial charge on any atom is -0.303 e. The van der Waals surface area contributed by atoms with Gasteiger partial charge in [-0.1, -0.05) is 0 Å². The monoisotopic (exact) mass is 319 g/mol. The van der Waals surface area contributed by atoms with E-state index in [2.05, 4.69) is 27.1 Å². The number of piperidine rings is 2. The lowest BCUT2D eigenvalue weighted by molar-refractivity contribution is 0.0197. The fourth-order valence-electron chi connectivity index (χ4n) is 4.44. The second-order valence-corrected chi connectivity index (χ2v) is 8.98. The molecule has 3 fully saturated rings. The molecule has 0 amide bonds. The van der Waals surface area contributed by atoms with Crippen molar-refractivity contribution >= 4 is 11.3 Å². The Morgan fingerprint density at radius 1 is 1.18 bits per heavy atom. The lowest BCUT2D eigenvalue weighted by atomic mass is 9.72. The van der Waals surface area contributed by atoms with Gasteiger partial charge in [-0.05, 0) is 76.4 Å². The highest BCUT2D eigenvalue weighted by molar-refractivity contribution is 7.09.